The Kier molecular flexibility index (Phi) is 5.83. The molecule has 0 aliphatic rings. The standard InChI is InChI=1S/C23H26N2O3/c1-5-7-19(26)25-18-9-6-8-17(12-18)13-24-23(27)22-16(4)20-14(2)10-11-15(3)21(20)28-22/h6,8-12H,5,7,13H2,1-4H3,(H,24,27)(H,25,26). The van der Waals surface area contributed by atoms with Gasteiger partial charge in [0.05, 0.1) is 0 Å². The van der Waals surface area contributed by atoms with Gasteiger partial charge in [0.2, 0.25) is 5.91 Å². The summed E-state index contributed by atoms with van der Waals surface area (Å²) in [6, 6.07) is 11.5. The number of amides is 2. The fourth-order valence-corrected chi connectivity index (χ4v) is 3.36. The van der Waals surface area contributed by atoms with E-state index in [4.69, 9.17) is 4.42 Å². The summed E-state index contributed by atoms with van der Waals surface area (Å²) in [6.07, 6.45) is 1.29. The van der Waals surface area contributed by atoms with Crippen LogP contribution < -0.4 is 10.6 Å². The van der Waals surface area contributed by atoms with Gasteiger partial charge in [-0.2, -0.15) is 0 Å². The molecule has 3 aromatic rings. The first-order valence-electron chi connectivity index (χ1n) is 9.57. The highest BCUT2D eigenvalue weighted by atomic mass is 16.3. The highest BCUT2D eigenvalue weighted by Crippen LogP contribution is 2.30. The van der Waals surface area contributed by atoms with E-state index in [1.165, 1.54) is 0 Å². The molecule has 0 bridgehead atoms. The number of furan rings is 1. The second-order valence-electron chi connectivity index (χ2n) is 7.14. The molecule has 0 saturated heterocycles. The molecule has 146 valence electrons. The first-order chi connectivity index (χ1) is 13.4. The average Bonchev–Trinajstić information content (AvgIpc) is 3.02. The van der Waals surface area contributed by atoms with E-state index < -0.39 is 0 Å². The Morgan fingerprint density at radius 2 is 1.79 bits per heavy atom. The molecule has 5 nitrogen and oxygen atoms in total. The highest BCUT2D eigenvalue weighted by molar-refractivity contribution is 6.00. The Labute approximate surface area is 165 Å². The number of carbonyl (C=O) groups excluding carboxylic acids is 2. The van der Waals surface area contributed by atoms with Crippen molar-refractivity contribution < 1.29 is 14.0 Å². The van der Waals surface area contributed by atoms with Crippen LogP contribution in [0.4, 0.5) is 5.69 Å². The zero-order chi connectivity index (χ0) is 20.3. The van der Waals surface area contributed by atoms with Gasteiger partial charge in [-0.05, 0) is 56.0 Å². The number of carbonyl (C=O) groups is 2. The lowest BCUT2D eigenvalue weighted by Crippen LogP contribution is -2.23. The molecule has 0 spiro atoms. The molecule has 0 radical (unpaired) electrons. The van der Waals surface area contributed by atoms with E-state index in [9.17, 15) is 9.59 Å². The quantitative estimate of drug-likeness (QED) is 0.632. The Morgan fingerprint density at radius 1 is 1.04 bits per heavy atom. The lowest BCUT2D eigenvalue weighted by atomic mass is 10.0. The number of aryl methyl sites for hydroxylation is 3. The van der Waals surface area contributed by atoms with E-state index in [2.05, 4.69) is 10.6 Å². The molecule has 2 amide bonds. The Hall–Kier alpha value is -3.08. The van der Waals surface area contributed by atoms with Gasteiger partial charge in [-0.1, -0.05) is 31.2 Å². The Bertz CT molecular complexity index is 1030. The van der Waals surface area contributed by atoms with Crippen molar-refractivity contribution in [2.75, 3.05) is 5.32 Å². The maximum absolute atomic E-state index is 12.7. The zero-order valence-electron chi connectivity index (χ0n) is 16.8. The second kappa shape index (κ2) is 8.30. The number of hydrogen-bond donors (Lipinski definition) is 2. The molecular formula is C23H26N2O3. The van der Waals surface area contributed by atoms with Crippen molar-refractivity contribution in [3.63, 3.8) is 0 Å². The molecular weight excluding hydrogens is 352 g/mol. The third-order valence-corrected chi connectivity index (χ3v) is 4.83. The summed E-state index contributed by atoms with van der Waals surface area (Å²) in [5, 5.41) is 6.79. The van der Waals surface area contributed by atoms with Crippen LogP contribution in [0.15, 0.2) is 40.8 Å². The van der Waals surface area contributed by atoms with E-state index in [0.717, 1.165) is 45.3 Å². The third kappa shape index (κ3) is 4.09. The zero-order valence-corrected chi connectivity index (χ0v) is 16.8. The third-order valence-electron chi connectivity index (χ3n) is 4.83. The molecule has 0 unspecified atom stereocenters. The van der Waals surface area contributed by atoms with Crippen LogP contribution in [0.3, 0.4) is 0 Å². The molecule has 0 aliphatic carbocycles. The van der Waals surface area contributed by atoms with Crippen LogP contribution in [0.5, 0.6) is 0 Å². The molecule has 2 aromatic carbocycles. The van der Waals surface area contributed by atoms with Crippen molar-refractivity contribution in [3.8, 4) is 0 Å². The van der Waals surface area contributed by atoms with Crippen molar-refractivity contribution in [2.45, 2.75) is 47.1 Å². The SMILES string of the molecule is CCCC(=O)Nc1cccc(CNC(=O)c2oc3c(C)ccc(C)c3c2C)c1. The van der Waals surface area contributed by atoms with E-state index in [0.29, 0.717) is 18.7 Å². The number of hydrogen-bond acceptors (Lipinski definition) is 3. The fraction of sp³-hybridized carbons (Fsp3) is 0.304. The molecule has 1 heterocycles. The van der Waals surface area contributed by atoms with Gasteiger partial charge in [0.25, 0.3) is 5.91 Å². The van der Waals surface area contributed by atoms with Gasteiger partial charge in [0, 0.05) is 29.6 Å². The Balaban J connectivity index is 1.74. The second-order valence-corrected chi connectivity index (χ2v) is 7.14. The lowest BCUT2D eigenvalue weighted by molar-refractivity contribution is -0.116. The topological polar surface area (TPSA) is 71.3 Å². The van der Waals surface area contributed by atoms with Crippen LogP contribution >= 0.6 is 0 Å². The minimum Gasteiger partial charge on any atom is -0.450 e. The van der Waals surface area contributed by atoms with E-state index in [1.54, 1.807) is 0 Å². The van der Waals surface area contributed by atoms with Gasteiger partial charge in [-0.3, -0.25) is 9.59 Å². The van der Waals surface area contributed by atoms with Crippen molar-refractivity contribution in [3.05, 3.63) is 64.4 Å². The predicted molar refractivity (Wildman–Crippen MR) is 112 cm³/mol. The van der Waals surface area contributed by atoms with Gasteiger partial charge in [0.15, 0.2) is 5.76 Å². The molecule has 3 rings (SSSR count). The molecule has 2 N–H and O–H groups in total. The van der Waals surface area contributed by atoms with Gasteiger partial charge >= 0.3 is 0 Å². The molecule has 0 saturated carbocycles. The maximum atomic E-state index is 12.7. The van der Waals surface area contributed by atoms with E-state index in [-0.39, 0.29) is 11.8 Å². The average molecular weight is 378 g/mol. The summed E-state index contributed by atoms with van der Waals surface area (Å²) in [4.78, 5) is 24.5. The van der Waals surface area contributed by atoms with Gasteiger partial charge in [0.1, 0.15) is 5.58 Å². The summed E-state index contributed by atoms with van der Waals surface area (Å²) in [5.74, 6) is 0.0973. The molecule has 0 aliphatic heterocycles. The van der Waals surface area contributed by atoms with Gasteiger partial charge in [-0.25, -0.2) is 0 Å². The number of benzene rings is 2. The molecule has 1 aromatic heterocycles. The maximum Gasteiger partial charge on any atom is 0.287 e. The summed E-state index contributed by atoms with van der Waals surface area (Å²) < 4.78 is 5.89. The number of fused-ring (bicyclic) bond motifs is 1. The van der Waals surface area contributed by atoms with Crippen LogP contribution in [-0.2, 0) is 11.3 Å². The monoisotopic (exact) mass is 378 g/mol. The summed E-state index contributed by atoms with van der Waals surface area (Å²) in [6.45, 7) is 8.23. The first kappa shape index (κ1) is 19.7. The van der Waals surface area contributed by atoms with Gasteiger partial charge < -0.3 is 15.1 Å². The first-order valence-corrected chi connectivity index (χ1v) is 9.57. The fourth-order valence-electron chi connectivity index (χ4n) is 3.36. The number of anilines is 1. The molecule has 5 heteroatoms. The van der Waals surface area contributed by atoms with Crippen LogP contribution in [-0.4, -0.2) is 11.8 Å². The van der Waals surface area contributed by atoms with Crippen LogP contribution in [0.2, 0.25) is 0 Å². The molecule has 0 atom stereocenters. The van der Waals surface area contributed by atoms with Crippen molar-refractivity contribution in [2.24, 2.45) is 0 Å². The van der Waals surface area contributed by atoms with Crippen molar-refractivity contribution >= 4 is 28.5 Å². The normalized spacial score (nSPS) is 10.9. The van der Waals surface area contributed by atoms with Gasteiger partial charge in [-0.15, -0.1) is 0 Å². The molecule has 28 heavy (non-hydrogen) atoms. The molecule has 0 fully saturated rings. The largest absolute Gasteiger partial charge is 0.450 e. The van der Waals surface area contributed by atoms with Crippen molar-refractivity contribution in [1.29, 1.82) is 0 Å². The summed E-state index contributed by atoms with van der Waals surface area (Å²) in [5.41, 5.74) is 5.37. The lowest BCUT2D eigenvalue weighted by Gasteiger charge is -2.08. The summed E-state index contributed by atoms with van der Waals surface area (Å²) >= 11 is 0. The minimum atomic E-state index is -0.243. The van der Waals surface area contributed by atoms with E-state index in [1.807, 2.05) is 64.1 Å². The smallest absolute Gasteiger partial charge is 0.287 e. The Morgan fingerprint density at radius 3 is 2.50 bits per heavy atom. The predicted octanol–water partition coefficient (Wildman–Crippen LogP) is 5.03. The van der Waals surface area contributed by atoms with Crippen LogP contribution in [0, 0.1) is 20.8 Å². The van der Waals surface area contributed by atoms with Crippen LogP contribution in [0.1, 0.15) is 52.6 Å². The minimum absolute atomic E-state index is 0.00711. The summed E-state index contributed by atoms with van der Waals surface area (Å²) in [7, 11) is 0. The number of nitrogens with one attached hydrogen (secondary N) is 2. The number of rotatable bonds is 6. The van der Waals surface area contributed by atoms with E-state index >= 15 is 0 Å². The van der Waals surface area contributed by atoms with Crippen LogP contribution in [0.25, 0.3) is 11.0 Å². The van der Waals surface area contributed by atoms with Crippen molar-refractivity contribution in [1.82, 2.24) is 5.32 Å². The highest BCUT2D eigenvalue weighted by Gasteiger charge is 2.19.